The maximum atomic E-state index is 12.6. The van der Waals surface area contributed by atoms with E-state index in [1.54, 1.807) is 6.20 Å². The van der Waals surface area contributed by atoms with Crippen LogP contribution in [0.25, 0.3) is 0 Å². The van der Waals surface area contributed by atoms with Gasteiger partial charge < -0.3 is 10.2 Å². The number of nitrogens with zero attached hydrogens (tertiary/aromatic N) is 2. The van der Waals surface area contributed by atoms with Crippen molar-refractivity contribution in [3.05, 3.63) is 23.9 Å². The Morgan fingerprint density at radius 3 is 2.70 bits per heavy atom. The highest BCUT2D eigenvalue weighted by Gasteiger charge is 2.33. The summed E-state index contributed by atoms with van der Waals surface area (Å²) in [5.41, 5.74) is 0.694. The Hall–Kier alpha value is -1.58. The maximum Gasteiger partial charge on any atom is 0.255 e. The average molecular weight is 275 g/mol. The average Bonchev–Trinajstić information content (AvgIpc) is 3.26. The SMILES string of the molecule is CCCNc1ccc(C(=O)N(CC(C)C)C2CC2)cn1. The van der Waals surface area contributed by atoms with E-state index in [2.05, 4.69) is 31.1 Å². The summed E-state index contributed by atoms with van der Waals surface area (Å²) in [5.74, 6) is 1.46. The lowest BCUT2D eigenvalue weighted by Gasteiger charge is -2.24. The Morgan fingerprint density at radius 2 is 2.20 bits per heavy atom. The molecule has 1 aliphatic rings. The van der Waals surface area contributed by atoms with Crippen molar-refractivity contribution in [2.24, 2.45) is 5.92 Å². The minimum atomic E-state index is 0.121. The molecule has 1 fully saturated rings. The predicted molar refractivity (Wildman–Crippen MR) is 81.9 cm³/mol. The monoisotopic (exact) mass is 275 g/mol. The molecule has 1 aliphatic carbocycles. The van der Waals surface area contributed by atoms with Gasteiger partial charge >= 0.3 is 0 Å². The van der Waals surface area contributed by atoms with Gasteiger partial charge in [0.05, 0.1) is 5.56 Å². The summed E-state index contributed by atoms with van der Waals surface area (Å²) in [4.78, 5) is 18.9. The largest absolute Gasteiger partial charge is 0.370 e. The molecule has 1 aromatic heterocycles. The van der Waals surface area contributed by atoms with E-state index in [-0.39, 0.29) is 5.91 Å². The van der Waals surface area contributed by atoms with Crippen molar-refractivity contribution < 1.29 is 4.79 Å². The summed E-state index contributed by atoms with van der Waals surface area (Å²) >= 11 is 0. The second-order valence-electron chi connectivity index (χ2n) is 5.94. The molecule has 0 saturated heterocycles. The van der Waals surface area contributed by atoms with Crippen molar-refractivity contribution in [2.75, 3.05) is 18.4 Å². The van der Waals surface area contributed by atoms with Crippen LogP contribution in [0.2, 0.25) is 0 Å². The van der Waals surface area contributed by atoms with Gasteiger partial charge in [-0.05, 0) is 37.3 Å². The van der Waals surface area contributed by atoms with Gasteiger partial charge in [-0.3, -0.25) is 4.79 Å². The molecule has 1 aromatic rings. The standard InChI is InChI=1S/C16H25N3O/c1-4-9-17-15-8-5-13(10-18-15)16(20)19(11-12(2)3)14-6-7-14/h5,8,10,12,14H,4,6-7,9,11H2,1-3H3,(H,17,18). The number of carbonyl (C=O) groups is 1. The van der Waals surface area contributed by atoms with E-state index in [1.807, 2.05) is 17.0 Å². The van der Waals surface area contributed by atoms with Gasteiger partial charge in [-0.1, -0.05) is 20.8 Å². The molecule has 2 rings (SSSR count). The Balaban J connectivity index is 2.03. The minimum absolute atomic E-state index is 0.121. The number of amides is 1. The predicted octanol–water partition coefficient (Wildman–Crippen LogP) is 3.16. The number of hydrogen-bond acceptors (Lipinski definition) is 3. The highest BCUT2D eigenvalue weighted by molar-refractivity contribution is 5.94. The van der Waals surface area contributed by atoms with Crippen molar-refractivity contribution in [1.29, 1.82) is 0 Å². The van der Waals surface area contributed by atoms with Gasteiger partial charge in [0.15, 0.2) is 0 Å². The van der Waals surface area contributed by atoms with E-state index in [1.165, 1.54) is 0 Å². The van der Waals surface area contributed by atoms with E-state index in [0.29, 0.717) is 17.5 Å². The topological polar surface area (TPSA) is 45.2 Å². The number of anilines is 1. The Morgan fingerprint density at radius 1 is 1.45 bits per heavy atom. The van der Waals surface area contributed by atoms with Gasteiger partial charge in [-0.2, -0.15) is 0 Å². The summed E-state index contributed by atoms with van der Waals surface area (Å²) in [6.45, 7) is 8.16. The van der Waals surface area contributed by atoms with Gasteiger partial charge in [0.25, 0.3) is 5.91 Å². The third-order valence-electron chi connectivity index (χ3n) is 3.38. The normalized spacial score (nSPS) is 14.4. The van der Waals surface area contributed by atoms with Crippen LogP contribution in [0.3, 0.4) is 0 Å². The molecule has 0 unspecified atom stereocenters. The number of hydrogen-bond donors (Lipinski definition) is 1. The lowest BCUT2D eigenvalue weighted by Crippen LogP contribution is -2.36. The molecule has 4 nitrogen and oxygen atoms in total. The van der Waals surface area contributed by atoms with E-state index in [4.69, 9.17) is 0 Å². The molecule has 0 aliphatic heterocycles. The maximum absolute atomic E-state index is 12.6. The van der Waals surface area contributed by atoms with Crippen molar-refractivity contribution in [3.8, 4) is 0 Å². The molecule has 0 atom stereocenters. The molecular weight excluding hydrogens is 250 g/mol. The van der Waals surface area contributed by atoms with E-state index in [9.17, 15) is 4.79 Å². The molecule has 1 heterocycles. The summed E-state index contributed by atoms with van der Waals surface area (Å²) in [7, 11) is 0. The van der Waals surface area contributed by atoms with Crippen LogP contribution in [0.1, 0.15) is 50.4 Å². The van der Waals surface area contributed by atoms with Crippen LogP contribution in [0, 0.1) is 5.92 Å². The zero-order valence-corrected chi connectivity index (χ0v) is 12.7. The van der Waals surface area contributed by atoms with Crippen LogP contribution >= 0.6 is 0 Å². The molecule has 1 N–H and O–H groups in total. The fraction of sp³-hybridized carbons (Fsp3) is 0.625. The van der Waals surface area contributed by atoms with E-state index in [0.717, 1.165) is 38.2 Å². The zero-order chi connectivity index (χ0) is 14.5. The molecular formula is C16H25N3O. The van der Waals surface area contributed by atoms with Crippen LogP contribution < -0.4 is 5.32 Å². The highest BCUT2D eigenvalue weighted by atomic mass is 16.2. The van der Waals surface area contributed by atoms with Crippen LogP contribution in [-0.4, -0.2) is 34.9 Å². The first-order valence-electron chi connectivity index (χ1n) is 7.62. The molecule has 0 radical (unpaired) electrons. The van der Waals surface area contributed by atoms with Crippen LogP contribution in [0.5, 0.6) is 0 Å². The fourth-order valence-electron chi connectivity index (χ4n) is 2.22. The van der Waals surface area contributed by atoms with Crippen LogP contribution in [0.15, 0.2) is 18.3 Å². The van der Waals surface area contributed by atoms with Crippen LogP contribution in [-0.2, 0) is 0 Å². The molecule has 0 bridgehead atoms. The second-order valence-corrected chi connectivity index (χ2v) is 5.94. The van der Waals surface area contributed by atoms with E-state index < -0.39 is 0 Å². The Kier molecular flexibility index (Phi) is 4.99. The Bertz CT molecular complexity index is 438. The minimum Gasteiger partial charge on any atom is -0.370 e. The van der Waals surface area contributed by atoms with Crippen molar-refractivity contribution >= 4 is 11.7 Å². The third kappa shape index (κ3) is 3.95. The van der Waals surface area contributed by atoms with Gasteiger partial charge in [-0.25, -0.2) is 4.98 Å². The van der Waals surface area contributed by atoms with Crippen molar-refractivity contribution in [3.63, 3.8) is 0 Å². The fourth-order valence-corrected chi connectivity index (χ4v) is 2.22. The summed E-state index contributed by atoms with van der Waals surface area (Å²) in [5, 5.41) is 3.22. The number of nitrogens with one attached hydrogen (secondary N) is 1. The van der Waals surface area contributed by atoms with E-state index >= 15 is 0 Å². The first-order valence-corrected chi connectivity index (χ1v) is 7.62. The summed E-state index contributed by atoms with van der Waals surface area (Å²) in [6, 6.07) is 4.22. The molecule has 20 heavy (non-hydrogen) atoms. The van der Waals surface area contributed by atoms with Crippen LogP contribution in [0.4, 0.5) is 5.82 Å². The third-order valence-corrected chi connectivity index (χ3v) is 3.38. The molecule has 110 valence electrons. The number of aromatic nitrogens is 1. The van der Waals surface area contributed by atoms with Gasteiger partial charge in [-0.15, -0.1) is 0 Å². The van der Waals surface area contributed by atoms with Gasteiger partial charge in [0.1, 0.15) is 5.82 Å². The molecule has 1 saturated carbocycles. The second kappa shape index (κ2) is 6.73. The lowest BCUT2D eigenvalue weighted by molar-refractivity contribution is 0.0722. The summed E-state index contributed by atoms with van der Waals surface area (Å²) in [6.07, 6.45) is 5.03. The van der Waals surface area contributed by atoms with Gasteiger partial charge in [0, 0.05) is 25.3 Å². The molecule has 0 spiro atoms. The highest BCUT2D eigenvalue weighted by Crippen LogP contribution is 2.29. The lowest BCUT2D eigenvalue weighted by atomic mass is 10.1. The van der Waals surface area contributed by atoms with Crippen molar-refractivity contribution in [2.45, 2.75) is 46.1 Å². The zero-order valence-electron chi connectivity index (χ0n) is 12.7. The van der Waals surface area contributed by atoms with Gasteiger partial charge in [0.2, 0.25) is 0 Å². The smallest absolute Gasteiger partial charge is 0.255 e. The van der Waals surface area contributed by atoms with Crippen molar-refractivity contribution in [1.82, 2.24) is 9.88 Å². The first kappa shape index (κ1) is 14.8. The summed E-state index contributed by atoms with van der Waals surface area (Å²) < 4.78 is 0. The number of carbonyl (C=O) groups excluding carboxylic acids is 1. The Labute approximate surface area is 121 Å². The molecule has 4 heteroatoms. The molecule has 1 amide bonds. The quantitative estimate of drug-likeness (QED) is 0.831. The number of rotatable bonds is 7. The molecule has 0 aromatic carbocycles. The number of pyridine rings is 1. The first-order chi connectivity index (χ1) is 9.61.